The molecule has 0 heterocycles. The topological polar surface area (TPSA) is 94.9 Å². The van der Waals surface area contributed by atoms with E-state index >= 15 is 0 Å². The van der Waals surface area contributed by atoms with E-state index < -0.39 is 10.2 Å². The Bertz CT molecular complexity index is 459. The summed E-state index contributed by atoms with van der Waals surface area (Å²) in [5.74, 6) is 0. The Kier molecular flexibility index (Phi) is 2.95. The SMILES string of the molecule is Cc1ccc(NS(=O)(=O)N=[N+]=[N-])cc1. The summed E-state index contributed by atoms with van der Waals surface area (Å²) in [5, 5.41) is 0. The summed E-state index contributed by atoms with van der Waals surface area (Å²) >= 11 is 0. The van der Waals surface area contributed by atoms with Crippen LogP contribution in [-0.4, -0.2) is 8.42 Å². The molecule has 0 aliphatic carbocycles. The van der Waals surface area contributed by atoms with E-state index in [-0.39, 0.29) is 0 Å². The molecule has 14 heavy (non-hydrogen) atoms. The standard InChI is InChI=1S/C7H8N4O2S/c1-6-2-4-7(5-3-6)9-14(12,13)11-10-8/h2-5,9H,1H3. The van der Waals surface area contributed by atoms with Crippen LogP contribution < -0.4 is 4.72 Å². The number of nitrogens with one attached hydrogen (secondary N) is 1. The summed E-state index contributed by atoms with van der Waals surface area (Å²) in [6.07, 6.45) is 0. The number of nitrogens with zero attached hydrogens (tertiary/aromatic N) is 3. The molecule has 0 radical (unpaired) electrons. The van der Waals surface area contributed by atoms with Crippen molar-refractivity contribution in [2.45, 2.75) is 6.92 Å². The van der Waals surface area contributed by atoms with E-state index in [9.17, 15) is 8.42 Å². The van der Waals surface area contributed by atoms with Gasteiger partial charge in [-0.1, -0.05) is 17.7 Å². The molecule has 0 saturated heterocycles. The molecule has 0 bridgehead atoms. The molecule has 0 aromatic heterocycles. The quantitative estimate of drug-likeness (QED) is 0.471. The second kappa shape index (κ2) is 3.99. The fraction of sp³-hybridized carbons (Fsp3) is 0.143. The number of hydrogen-bond acceptors (Lipinski definition) is 2. The lowest BCUT2D eigenvalue weighted by Crippen LogP contribution is -2.07. The maximum Gasteiger partial charge on any atom is 0.322 e. The average Bonchev–Trinajstić information content (AvgIpc) is 2.08. The highest BCUT2D eigenvalue weighted by molar-refractivity contribution is 7.91. The van der Waals surface area contributed by atoms with Gasteiger partial charge >= 0.3 is 10.2 Å². The Hall–Kier alpha value is -1.72. The van der Waals surface area contributed by atoms with Crippen LogP contribution in [0.3, 0.4) is 0 Å². The molecule has 0 saturated carbocycles. The van der Waals surface area contributed by atoms with Crippen molar-refractivity contribution in [1.29, 1.82) is 0 Å². The molecule has 1 aromatic rings. The normalized spacial score (nSPS) is 10.4. The molecule has 0 atom stereocenters. The van der Waals surface area contributed by atoms with Gasteiger partial charge in [0.05, 0.1) is 4.52 Å². The monoisotopic (exact) mass is 212 g/mol. The number of benzene rings is 1. The first kappa shape index (κ1) is 10.4. The molecular weight excluding hydrogens is 204 g/mol. The lowest BCUT2D eigenvalue weighted by molar-refractivity contribution is 0.602. The predicted octanol–water partition coefficient (Wildman–Crippen LogP) is 1.96. The third-order valence-corrected chi connectivity index (χ3v) is 2.22. The molecule has 0 fully saturated rings. The molecule has 1 rings (SSSR count). The number of hydrogen-bond donors (Lipinski definition) is 1. The zero-order chi connectivity index (χ0) is 10.6. The maximum atomic E-state index is 11.0. The third-order valence-electron chi connectivity index (χ3n) is 1.44. The first-order valence-electron chi connectivity index (χ1n) is 3.69. The van der Waals surface area contributed by atoms with Crippen LogP contribution in [0.15, 0.2) is 28.8 Å². The van der Waals surface area contributed by atoms with Crippen molar-refractivity contribution in [2.75, 3.05) is 4.72 Å². The van der Waals surface area contributed by atoms with Gasteiger partial charge in [0.2, 0.25) is 0 Å². The number of rotatable bonds is 3. The van der Waals surface area contributed by atoms with E-state index in [2.05, 4.69) is 14.2 Å². The Labute approximate surface area is 81.4 Å². The summed E-state index contributed by atoms with van der Waals surface area (Å²) in [7, 11) is -3.94. The molecule has 74 valence electrons. The van der Waals surface area contributed by atoms with Crippen molar-refractivity contribution < 1.29 is 8.42 Å². The van der Waals surface area contributed by atoms with Gasteiger partial charge in [0.25, 0.3) is 0 Å². The van der Waals surface area contributed by atoms with Gasteiger partial charge < -0.3 is 0 Å². The Balaban J connectivity index is 2.90. The largest absolute Gasteiger partial charge is 0.322 e. The summed E-state index contributed by atoms with van der Waals surface area (Å²) in [6.45, 7) is 1.88. The predicted molar refractivity (Wildman–Crippen MR) is 52.9 cm³/mol. The van der Waals surface area contributed by atoms with Gasteiger partial charge in [-0.3, -0.25) is 4.72 Å². The number of anilines is 1. The molecule has 1 N–H and O–H groups in total. The van der Waals surface area contributed by atoms with E-state index in [0.717, 1.165) is 5.56 Å². The maximum absolute atomic E-state index is 11.0. The van der Waals surface area contributed by atoms with Crippen molar-refractivity contribution in [3.63, 3.8) is 0 Å². The van der Waals surface area contributed by atoms with Crippen molar-refractivity contribution in [2.24, 2.45) is 4.52 Å². The highest BCUT2D eigenvalue weighted by atomic mass is 32.2. The minimum Gasteiger partial charge on any atom is -0.277 e. The highest BCUT2D eigenvalue weighted by Gasteiger charge is 2.05. The molecule has 1 aromatic carbocycles. The summed E-state index contributed by atoms with van der Waals surface area (Å²) < 4.78 is 26.6. The fourth-order valence-corrected chi connectivity index (χ4v) is 1.41. The number of azide groups is 1. The van der Waals surface area contributed by atoms with Crippen molar-refractivity contribution in [3.05, 3.63) is 40.3 Å². The third kappa shape index (κ3) is 2.96. The van der Waals surface area contributed by atoms with Gasteiger partial charge in [0, 0.05) is 10.6 Å². The van der Waals surface area contributed by atoms with Crippen LogP contribution in [0.1, 0.15) is 5.56 Å². The van der Waals surface area contributed by atoms with E-state index in [0.29, 0.717) is 5.69 Å². The van der Waals surface area contributed by atoms with E-state index in [4.69, 9.17) is 5.53 Å². The van der Waals surface area contributed by atoms with E-state index in [1.54, 1.807) is 24.3 Å². The molecule has 6 nitrogen and oxygen atoms in total. The number of aryl methyl sites for hydroxylation is 1. The van der Waals surface area contributed by atoms with Crippen molar-refractivity contribution in [3.8, 4) is 0 Å². The Morgan fingerprint density at radius 3 is 2.43 bits per heavy atom. The van der Waals surface area contributed by atoms with Gasteiger partial charge in [-0.2, -0.15) is 8.42 Å². The molecule has 0 spiro atoms. The average molecular weight is 212 g/mol. The van der Waals surface area contributed by atoms with Crippen LogP contribution in [0.2, 0.25) is 0 Å². The lowest BCUT2D eigenvalue weighted by Gasteiger charge is -2.02. The Morgan fingerprint density at radius 1 is 1.36 bits per heavy atom. The molecule has 0 unspecified atom stereocenters. The summed E-state index contributed by atoms with van der Waals surface area (Å²) in [5.41, 5.74) is 9.34. The van der Waals surface area contributed by atoms with E-state index in [1.807, 2.05) is 6.92 Å². The fourth-order valence-electron chi connectivity index (χ4n) is 0.839. The molecule has 0 aliphatic rings. The van der Waals surface area contributed by atoms with Gasteiger partial charge in [-0.05, 0) is 24.6 Å². The smallest absolute Gasteiger partial charge is 0.277 e. The second-order valence-electron chi connectivity index (χ2n) is 2.61. The van der Waals surface area contributed by atoms with Gasteiger partial charge in [0.15, 0.2) is 0 Å². The molecular formula is C7H8N4O2S. The zero-order valence-electron chi connectivity index (χ0n) is 7.38. The van der Waals surface area contributed by atoms with Crippen LogP contribution in [0.4, 0.5) is 5.69 Å². The van der Waals surface area contributed by atoms with Crippen LogP contribution in [-0.2, 0) is 10.2 Å². The first-order chi connectivity index (χ1) is 6.53. The minimum absolute atomic E-state index is 0.364. The van der Waals surface area contributed by atoms with Gasteiger partial charge in [0.1, 0.15) is 0 Å². The van der Waals surface area contributed by atoms with Crippen molar-refractivity contribution in [1.82, 2.24) is 0 Å². The second-order valence-corrected chi connectivity index (χ2v) is 3.93. The molecule has 0 aliphatic heterocycles. The van der Waals surface area contributed by atoms with Crippen LogP contribution in [0.5, 0.6) is 0 Å². The lowest BCUT2D eigenvalue weighted by atomic mass is 10.2. The van der Waals surface area contributed by atoms with Gasteiger partial charge in [-0.15, -0.1) is 0 Å². The Morgan fingerprint density at radius 2 is 1.93 bits per heavy atom. The highest BCUT2D eigenvalue weighted by Crippen LogP contribution is 2.10. The zero-order valence-corrected chi connectivity index (χ0v) is 8.19. The molecule has 7 heteroatoms. The van der Waals surface area contributed by atoms with E-state index in [1.165, 1.54) is 0 Å². The van der Waals surface area contributed by atoms with Crippen molar-refractivity contribution >= 4 is 15.9 Å². The van der Waals surface area contributed by atoms with Crippen LogP contribution in [0, 0.1) is 6.92 Å². The molecule has 0 amide bonds. The summed E-state index contributed by atoms with van der Waals surface area (Å²) in [6, 6.07) is 6.65. The van der Waals surface area contributed by atoms with Gasteiger partial charge in [-0.25, -0.2) is 0 Å². The first-order valence-corrected chi connectivity index (χ1v) is 5.13. The van der Waals surface area contributed by atoms with Crippen LogP contribution >= 0.6 is 0 Å². The minimum atomic E-state index is -3.94. The van der Waals surface area contributed by atoms with Crippen LogP contribution in [0.25, 0.3) is 10.4 Å². The summed E-state index contributed by atoms with van der Waals surface area (Å²) in [4.78, 5) is 2.20.